The molecular formula is C20H26ClN5O2. The molecule has 150 valence electrons. The van der Waals surface area contributed by atoms with Crippen molar-refractivity contribution < 1.29 is 9.53 Å². The molecule has 0 unspecified atom stereocenters. The first-order valence-electron chi connectivity index (χ1n) is 10.0. The molecular weight excluding hydrogens is 378 g/mol. The summed E-state index contributed by atoms with van der Waals surface area (Å²) in [6, 6.07) is 2.34. The van der Waals surface area contributed by atoms with Crippen LogP contribution in [0.25, 0.3) is 11.0 Å². The topological polar surface area (TPSA) is 63.5 Å². The molecule has 2 saturated heterocycles. The zero-order valence-electron chi connectivity index (χ0n) is 16.8. The van der Waals surface area contributed by atoms with Gasteiger partial charge in [-0.3, -0.25) is 0 Å². The summed E-state index contributed by atoms with van der Waals surface area (Å²) in [5, 5.41) is 0.531. The number of carbonyl (C=O) groups excluding carboxylic acids is 1. The minimum absolute atomic E-state index is 0.171. The van der Waals surface area contributed by atoms with Crippen LogP contribution >= 0.6 is 11.6 Å². The van der Waals surface area contributed by atoms with Gasteiger partial charge in [0.2, 0.25) is 5.95 Å². The Morgan fingerprint density at radius 3 is 2.57 bits per heavy atom. The summed E-state index contributed by atoms with van der Waals surface area (Å²) in [6.45, 7) is 7.17. The SMILES string of the molecule is Cn1c(N2C[C@@H]3C[C@H]2CN3C(=O)OC(C)(C)C)nc2c(C3CC3)nc(Cl)cc21. The van der Waals surface area contributed by atoms with Gasteiger partial charge in [-0.15, -0.1) is 0 Å². The lowest BCUT2D eigenvalue weighted by Crippen LogP contribution is -2.50. The van der Waals surface area contributed by atoms with E-state index in [-0.39, 0.29) is 18.2 Å². The lowest BCUT2D eigenvalue weighted by Gasteiger charge is -2.35. The van der Waals surface area contributed by atoms with Crippen LogP contribution in [0.3, 0.4) is 0 Å². The third-order valence-corrected chi connectivity index (χ3v) is 6.12. The largest absolute Gasteiger partial charge is 0.444 e. The van der Waals surface area contributed by atoms with Crippen LogP contribution in [0.15, 0.2) is 6.07 Å². The first-order chi connectivity index (χ1) is 13.2. The maximum atomic E-state index is 12.5. The number of ether oxygens (including phenoxy) is 1. The molecule has 0 radical (unpaired) electrons. The molecule has 8 heteroatoms. The first-order valence-corrected chi connectivity index (χ1v) is 10.4. The number of aryl methyl sites for hydroxylation is 1. The molecule has 4 heterocycles. The highest BCUT2D eigenvalue weighted by molar-refractivity contribution is 6.30. The predicted molar refractivity (Wildman–Crippen MR) is 108 cm³/mol. The molecule has 2 aromatic heterocycles. The minimum atomic E-state index is -0.471. The third-order valence-electron chi connectivity index (χ3n) is 5.93. The molecule has 5 rings (SSSR count). The Morgan fingerprint density at radius 1 is 1.21 bits per heavy atom. The quantitative estimate of drug-likeness (QED) is 0.715. The highest BCUT2D eigenvalue weighted by atomic mass is 35.5. The number of hydrogen-bond acceptors (Lipinski definition) is 5. The molecule has 3 aliphatic rings. The molecule has 0 spiro atoms. The van der Waals surface area contributed by atoms with Gasteiger partial charge in [0.05, 0.1) is 23.3 Å². The van der Waals surface area contributed by atoms with Crippen LogP contribution < -0.4 is 4.90 Å². The van der Waals surface area contributed by atoms with E-state index in [1.54, 1.807) is 0 Å². The van der Waals surface area contributed by atoms with Gasteiger partial charge in [0.15, 0.2) is 0 Å². The number of imidazole rings is 1. The number of amides is 1. The van der Waals surface area contributed by atoms with E-state index in [9.17, 15) is 4.79 Å². The average Bonchev–Trinajstić information content (AvgIpc) is 3.13. The molecule has 1 saturated carbocycles. The number of nitrogens with zero attached hydrogens (tertiary/aromatic N) is 5. The van der Waals surface area contributed by atoms with Crippen LogP contribution in [0.2, 0.25) is 5.15 Å². The van der Waals surface area contributed by atoms with E-state index in [2.05, 4.69) is 14.5 Å². The third kappa shape index (κ3) is 2.91. The number of fused-ring (bicyclic) bond motifs is 3. The van der Waals surface area contributed by atoms with Crippen LogP contribution in [0, 0.1) is 0 Å². The Labute approximate surface area is 169 Å². The van der Waals surface area contributed by atoms with E-state index in [1.165, 1.54) is 0 Å². The second kappa shape index (κ2) is 5.99. The summed E-state index contributed by atoms with van der Waals surface area (Å²) in [5.74, 6) is 1.43. The van der Waals surface area contributed by atoms with Crippen molar-refractivity contribution in [2.24, 2.45) is 7.05 Å². The van der Waals surface area contributed by atoms with E-state index in [1.807, 2.05) is 38.8 Å². The van der Waals surface area contributed by atoms with Crippen molar-refractivity contribution >= 4 is 34.7 Å². The molecule has 0 aromatic carbocycles. The standard InChI is InChI=1S/C20H26ClN5O2/c1-20(2,3)28-19(27)26-10-12-7-13(26)9-25(12)18-23-17-14(24(18)4)8-15(21)22-16(17)11-5-6-11/h8,11-13H,5-7,9-10H2,1-4H3/t12-,13-/m0/s1. The molecule has 1 amide bonds. The van der Waals surface area contributed by atoms with Gasteiger partial charge in [0.1, 0.15) is 16.3 Å². The summed E-state index contributed by atoms with van der Waals surface area (Å²) in [6.07, 6.45) is 3.06. The lowest BCUT2D eigenvalue weighted by molar-refractivity contribution is 0.0214. The van der Waals surface area contributed by atoms with Crippen LogP contribution in [-0.4, -0.2) is 56.3 Å². The number of pyridine rings is 1. The summed E-state index contributed by atoms with van der Waals surface area (Å²) >= 11 is 6.28. The Balaban J connectivity index is 1.42. The van der Waals surface area contributed by atoms with Crippen molar-refractivity contribution in [1.82, 2.24) is 19.4 Å². The Hall–Kier alpha value is -2.02. The van der Waals surface area contributed by atoms with Crippen molar-refractivity contribution in [3.05, 3.63) is 16.9 Å². The average molecular weight is 404 g/mol. The van der Waals surface area contributed by atoms with Crippen LogP contribution in [0.1, 0.15) is 51.6 Å². The van der Waals surface area contributed by atoms with Crippen molar-refractivity contribution in [2.75, 3.05) is 18.0 Å². The maximum Gasteiger partial charge on any atom is 0.410 e. The van der Waals surface area contributed by atoms with Gasteiger partial charge in [-0.2, -0.15) is 0 Å². The van der Waals surface area contributed by atoms with E-state index < -0.39 is 5.60 Å². The maximum absolute atomic E-state index is 12.5. The van der Waals surface area contributed by atoms with Crippen molar-refractivity contribution in [1.29, 1.82) is 0 Å². The molecule has 2 aromatic rings. The minimum Gasteiger partial charge on any atom is -0.444 e. The van der Waals surface area contributed by atoms with Crippen LogP contribution in [-0.2, 0) is 11.8 Å². The van der Waals surface area contributed by atoms with Crippen LogP contribution in [0.5, 0.6) is 0 Å². The fourth-order valence-electron chi connectivity index (χ4n) is 4.52. The molecule has 2 atom stereocenters. The van der Waals surface area contributed by atoms with Gasteiger partial charge in [0, 0.05) is 32.1 Å². The molecule has 2 aliphatic heterocycles. The molecule has 7 nitrogen and oxygen atoms in total. The van der Waals surface area contributed by atoms with E-state index in [0.717, 1.165) is 48.5 Å². The number of carbonyl (C=O) groups is 1. The zero-order valence-corrected chi connectivity index (χ0v) is 17.5. The molecule has 1 aliphatic carbocycles. The predicted octanol–water partition coefficient (Wildman–Crippen LogP) is 3.70. The number of likely N-dealkylation sites (tertiary alicyclic amines) is 1. The smallest absolute Gasteiger partial charge is 0.410 e. The Morgan fingerprint density at radius 2 is 1.96 bits per heavy atom. The van der Waals surface area contributed by atoms with E-state index in [4.69, 9.17) is 21.3 Å². The van der Waals surface area contributed by atoms with E-state index in [0.29, 0.717) is 17.6 Å². The first kappa shape index (κ1) is 18.0. The fourth-order valence-corrected chi connectivity index (χ4v) is 4.71. The number of anilines is 1. The summed E-state index contributed by atoms with van der Waals surface area (Å²) in [5.41, 5.74) is 2.56. The Bertz CT molecular complexity index is 962. The van der Waals surface area contributed by atoms with Gasteiger partial charge in [-0.05, 0) is 40.0 Å². The fraction of sp³-hybridized carbons (Fsp3) is 0.650. The van der Waals surface area contributed by atoms with Gasteiger partial charge in [-0.1, -0.05) is 11.6 Å². The highest BCUT2D eigenvalue weighted by Crippen LogP contribution is 2.44. The number of piperazine rings is 1. The van der Waals surface area contributed by atoms with Gasteiger partial charge in [0.25, 0.3) is 0 Å². The number of halogens is 1. The number of aromatic nitrogens is 3. The zero-order chi connectivity index (χ0) is 19.8. The van der Waals surface area contributed by atoms with Crippen molar-refractivity contribution in [3.8, 4) is 0 Å². The Kier molecular flexibility index (Phi) is 3.86. The summed E-state index contributed by atoms with van der Waals surface area (Å²) < 4.78 is 7.69. The van der Waals surface area contributed by atoms with E-state index >= 15 is 0 Å². The highest BCUT2D eigenvalue weighted by Gasteiger charge is 2.48. The second-order valence-electron chi connectivity index (χ2n) is 9.27. The van der Waals surface area contributed by atoms with Gasteiger partial charge in [-0.25, -0.2) is 14.8 Å². The molecule has 28 heavy (non-hydrogen) atoms. The van der Waals surface area contributed by atoms with Crippen LogP contribution in [0.4, 0.5) is 10.7 Å². The normalized spacial score (nSPS) is 24.5. The van der Waals surface area contributed by atoms with Gasteiger partial charge < -0.3 is 19.1 Å². The van der Waals surface area contributed by atoms with Crippen molar-refractivity contribution in [2.45, 2.75) is 63.6 Å². The lowest BCUT2D eigenvalue weighted by atomic mass is 10.2. The number of rotatable bonds is 2. The monoisotopic (exact) mass is 403 g/mol. The van der Waals surface area contributed by atoms with Crippen molar-refractivity contribution in [3.63, 3.8) is 0 Å². The summed E-state index contributed by atoms with van der Waals surface area (Å²) in [4.78, 5) is 26.3. The number of hydrogen-bond donors (Lipinski definition) is 0. The molecule has 2 bridgehead atoms. The molecule has 3 fully saturated rings. The van der Waals surface area contributed by atoms with Gasteiger partial charge >= 0.3 is 6.09 Å². The summed E-state index contributed by atoms with van der Waals surface area (Å²) in [7, 11) is 2.04. The second-order valence-corrected chi connectivity index (χ2v) is 9.66. The molecule has 0 N–H and O–H groups in total.